The molecule has 1 N–H and O–H groups in total. The molecule has 1 aromatic heterocycles. The second-order valence-corrected chi connectivity index (χ2v) is 5.98. The Morgan fingerprint density at radius 3 is 2.60 bits per heavy atom. The lowest BCUT2D eigenvalue weighted by Crippen LogP contribution is -2.28. The van der Waals surface area contributed by atoms with Crippen molar-refractivity contribution < 1.29 is 4.79 Å². The Morgan fingerprint density at radius 1 is 1.35 bits per heavy atom. The van der Waals surface area contributed by atoms with Gasteiger partial charge in [-0.25, -0.2) is 4.98 Å². The van der Waals surface area contributed by atoms with Crippen molar-refractivity contribution in [2.24, 2.45) is 0 Å². The maximum absolute atomic E-state index is 12.0. The quantitative estimate of drug-likeness (QED) is 0.916. The zero-order chi connectivity index (χ0) is 14.5. The number of amides is 1. The van der Waals surface area contributed by atoms with E-state index in [0.717, 1.165) is 22.7 Å². The summed E-state index contributed by atoms with van der Waals surface area (Å²) < 4.78 is 0. The third kappa shape index (κ3) is 3.90. The highest BCUT2D eigenvalue weighted by Gasteiger charge is 2.11. The smallest absolute Gasteiger partial charge is 0.226 e. The molecule has 0 aliphatic carbocycles. The van der Waals surface area contributed by atoms with Crippen LogP contribution < -0.4 is 5.32 Å². The number of aromatic nitrogens is 1. The van der Waals surface area contributed by atoms with Crippen LogP contribution in [0.4, 0.5) is 0 Å². The number of aryl methyl sites for hydroxylation is 2. The molecule has 20 heavy (non-hydrogen) atoms. The molecular formula is C16H20N2OS. The van der Waals surface area contributed by atoms with Crippen LogP contribution in [0.2, 0.25) is 0 Å². The topological polar surface area (TPSA) is 42.0 Å². The van der Waals surface area contributed by atoms with Gasteiger partial charge >= 0.3 is 0 Å². The normalized spacial score (nSPS) is 12.2. The van der Waals surface area contributed by atoms with E-state index in [2.05, 4.69) is 41.5 Å². The number of hydrogen-bond acceptors (Lipinski definition) is 3. The van der Waals surface area contributed by atoms with Gasteiger partial charge in [-0.1, -0.05) is 31.2 Å². The van der Waals surface area contributed by atoms with Gasteiger partial charge in [-0.05, 0) is 31.4 Å². The number of hydrogen-bond donors (Lipinski definition) is 1. The van der Waals surface area contributed by atoms with Gasteiger partial charge in [-0.15, -0.1) is 11.3 Å². The minimum absolute atomic E-state index is 0.0161. The SMILES string of the molecule is CCc1ccc(C(C)NC(=O)Cc2csc(C)n2)cc1. The van der Waals surface area contributed by atoms with E-state index < -0.39 is 0 Å². The number of carbonyl (C=O) groups excluding carboxylic acids is 1. The van der Waals surface area contributed by atoms with Crippen molar-refractivity contribution in [3.8, 4) is 0 Å². The molecule has 0 saturated carbocycles. The Hall–Kier alpha value is -1.68. The summed E-state index contributed by atoms with van der Waals surface area (Å²) in [5, 5.41) is 5.95. The lowest BCUT2D eigenvalue weighted by Gasteiger charge is -2.14. The summed E-state index contributed by atoms with van der Waals surface area (Å²) in [6, 6.07) is 8.41. The van der Waals surface area contributed by atoms with Crippen molar-refractivity contribution in [3.63, 3.8) is 0 Å². The number of rotatable bonds is 5. The molecule has 0 bridgehead atoms. The highest BCUT2D eigenvalue weighted by molar-refractivity contribution is 7.09. The van der Waals surface area contributed by atoms with E-state index in [-0.39, 0.29) is 11.9 Å². The molecule has 1 heterocycles. The minimum Gasteiger partial charge on any atom is -0.349 e. The molecule has 0 spiro atoms. The molecule has 1 aromatic carbocycles. The standard InChI is InChI=1S/C16H20N2OS/c1-4-13-5-7-14(8-6-13)11(2)17-16(19)9-15-10-20-12(3)18-15/h5-8,10-11H,4,9H2,1-3H3,(H,17,19). The molecule has 3 nitrogen and oxygen atoms in total. The van der Waals surface area contributed by atoms with Crippen molar-refractivity contribution in [1.82, 2.24) is 10.3 Å². The number of nitrogens with zero attached hydrogens (tertiary/aromatic N) is 1. The zero-order valence-corrected chi connectivity index (χ0v) is 13.0. The Bertz CT molecular complexity index is 574. The fourth-order valence-corrected chi connectivity index (χ4v) is 2.68. The van der Waals surface area contributed by atoms with Crippen LogP contribution in [-0.2, 0) is 17.6 Å². The molecule has 2 aromatic rings. The first-order chi connectivity index (χ1) is 9.58. The Labute approximate surface area is 124 Å². The largest absolute Gasteiger partial charge is 0.349 e. The van der Waals surface area contributed by atoms with Gasteiger partial charge in [0.15, 0.2) is 0 Å². The molecule has 1 unspecified atom stereocenters. The minimum atomic E-state index is 0.0161. The van der Waals surface area contributed by atoms with Crippen molar-refractivity contribution in [3.05, 3.63) is 51.5 Å². The van der Waals surface area contributed by atoms with Crippen LogP contribution in [0.1, 0.15) is 41.7 Å². The lowest BCUT2D eigenvalue weighted by atomic mass is 10.0. The summed E-state index contributed by atoms with van der Waals surface area (Å²) in [4.78, 5) is 16.3. The lowest BCUT2D eigenvalue weighted by molar-refractivity contribution is -0.121. The van der Waals surface area contributed by atoms with Crippen LogP contribution in [0.25, 0.3) is 0 Å². The summed E-state index contributed by atoms with van der Waals surface area (Å²) in [7, 11) is 0. The molecule has 0 radical (unpaired) electrons. The van der Waals surface area contributed by atoms with Crippen molar-refractivity contribution in [1.29, 1.82) is 0 Å². The van der Waals surface area contributed by atoms with Gasteiger partial charge in [0, 0.05) is 5.38 Å². The molecular weight excluding hydrogens is 268 g/mol. The summed E-state index contributed by atoms with van der Waals surface area (Å²) in [6.45, 7) is 6.09. The van der Waals surface area contributed by atoms with E-state index in [0.29, 0.717) is 6.42 Å². The van der Waals surface area contributed by atoms with E-state index in [9.17, 15) is 4.79 Å². The number of nitrogens with one attached hydrogen (secondary N) is 1. The first-order valence-electron chi connectivity index (χ1n) is 6.87. The van der Waals surface area contributed by atoms with Crippen LogP contribution in [0.3, 0.4) is 0 Å². The van der Waals surface area contributed by atoms with Crippen molar-refractivity contribution in [2.75, 3.05) is 0 Å². The Morgan fingerprint density at radius 2 is 2.05 bits per heavy atom. The first kappa shape index (κ1) is 14.7. The van der Waals surface area contributed by atoms with Crippen molar-refractivity contribution >= 4 is 17.2 Å². The Kier molecular flexibility index (Phi) is 4.90. The van der Waals surface area contributed by atoms with Crippen molar-refractivity contribution in [2.45, 2.75) is 39.7 Å². The number of benzene rings is 1. The van der Waals surface area contributed by atoms with Crippen LogP contribution in [0.15, 0.2) is 29.6 Å². The molecule has 2 rings (SSSR count). The summed E-state index contributed by atoms with van der Waals surface area (Å²) in [5.74, 6) is 0.0161. The van der Waals surface area contributed by atoms with Crippen LogP contribution in [0, 0.1) is 6.92 Å². The van der Waals surface area contributed by atoms with Crippen LogP contribution in [-0.4, -0.2) is 10.9 Å². The highest BCUT2D eigenvalue weighted by Crippen LogP contribution is 2.14. The van der Waals surface area contributed by atoms with Gasteiger partial charge in [0.1, 0.15) is 0 Å². The van der Waals surface area contributed by atoms with E-state index in [1.54, 1.807) is 11.3 Å². The molecule has 1 amide bonds. The predicted molar refractivity (Wildman–Crippen MR) is 82.9 cm³/mol. The molecule has 0 saturated heterocycles. The molecule has 4 heteroatoms. The summed E-state index contributed by atoms with van der Waals surface area (Å²) in [5.41, 5.74) is 3.29. The molecule has 0 aliphatic heterocycles. The van der Waals surface area contributed by atoms with E-state index in [1.807, 2.05) is 19.2 Å². The fourth-order valence-electron chi connectivity index (χ4n) is 2.07. The third-order valence-corrected chi connectivity index (χ3v) is 4.10. The van der Waals surface area contributed by atoms with Crippen LogP contribution in [0.5, 0.6) is 0 Å². The maximum Gasteiger partial charge on any atom is 0.226 e. The summed E-state index contributed by atoms with van der Waals surface area (Å²) in [6.07, 6.45) is 1.38. The molecule has 106 valence electrons. The van der Waals surface area contributed by atoms with Gasteiger partial charge in [0.2, 0.25) is 5.91 Å². The van der Waals surface area contributed by atoms with Crippen LogP contribution >= 0.6 is 11.3 Å². The third-order valence-electron chi connectivity index (χ3n) is 3.27. The number of thiazole rings is 1. The molecule has 0 aliphatic rings. The summed E-state index contributed by atoms with van der Waals surface area (Å²) >= 11 is 1.57. The Balaban J connectivity index is 1.92. The van der Waals surface area contributed by atoms with E-state index in [4.69, 9.17) is 0 Å². The van der Waals surface area contributed by atoms with Gasteiger partial charge in [0.05, 0.1) is 23.2 Å². The van der Waals surface area contributed by atoms with Gasteiger partial charge in [0.25, 0.3) is 0 Å². The monoisotopic (exact) mass is 288 g/mol. The molecule has 1 atom stereocenters. The highest BCUT2D eigenvalue weighted by atomic mass is 32.1. The predicted octanol–water partition coefficient (Wildman–Crippen LogP) is 3.43. The second kappa shape index (κ2) is 6.66. The fraction of sp³-hybridized carbons (Fsp3) is 0.375. The van der Waals surface area contributed by atoms with Gasteiger partial charge in [-0.2, -0.15) is 0 Å². The van der Waals surface area contributed by atoms with Gasteiger partial charge < -0.3 is 5.32 Å². The molecule has 0 fully saturated rings. The van der Waals surface area contributed by atoms with E-state index in [1.165, 1.54) is 5.56 Å². The maximum atomic E-state index is 12.0. The second-order valence-electron chi connectivity index (χ2n) is 4.92. The average Bonchev–Trinajstić information content (AvgIpc) is 2.84. The van der Waals surface area contributed by atoms with E-state index >= 15 is 0 Å². The first-order valence-corrected chi connectivity index (χ1v) is 7.75. The van der Waals surface area contributed by atoms with Gasteiger partial charge in [-0.3, -0.25) is 4.79 Å². The number of carbonyl (C=O) groups is 1. The average molecular weight is 288 g/mol. The zero-order valence-electron chi connectivity index (χ0n) is 12.1.